The van der Waals surface area contributed by atoms with Crippen molar-refractivity contribution in [1.82, 2.24) is 4.90 Å². The van der Waals surface area contributed by atoms with E-state index in [2.05, 4.69) is 15.9 Å². The van der Waals surface area contributed by atoms with Crippen LogP contribution >= 0.6 is 15.9 Å². The summed E-state index contributed by atoms with van der Waals surface area (Å²) in [7, 11) is 0. The lowest BCUT2D eigenvalue weighted by Crippen LogP contribution is -2.47. The number of aliphatic hydroxyl groups excluding tert-OH is 1. The van der Waals surface area contributed by atoms with Crippen LogP contribution in [0.25, 0.3) is 0 Å². The van der Waals surface area contributed by atoms with Gasteiger partial charge in [-0.3, -0.25) is 4.79 Å². The maximum atomic E-state index is 12.0. The first-order valence-corrected chi connectivity index (χ1v) is 7.20. The van der Waals surface area contributed by atoms with Crippen molar-refractivity contribution in [2.45, 2.75) is 19.4 Å². The van der Waals surface area contributed by atoms with Gasteiger partial charge in [-0.2, -0.15) is 0 Å². The van der Waals surface area contributed by atoms with E-state index in [1.807, 2.05) is 31.2 Å². The number of ether oxygens (including phenoxy) is 1. The molecule has 2 atom stereocenters. The molecule has 5 heteroatoms. The van der Waals surface area contributed by atoms with Gasteiger partial charge in [0, 0.05) is 17.6 Å². The number of β-amino-alcohol motifs (C(OH)–C–C–N with tert-alkyl or cyclic N) is 1. The summed E-state index contributed by atoms with van der Waals surface area (Å²) in [5, 5.41) is 9.77. The summed E-state index contributed by atoms with van der Waals surface area (Å²) in [6.07, 6.45) is 0.413. The number of hydrogen-bond donors (Lipinski definition) is 1. The molecule has 1 heterocycles. The molecule has 1 aliphatic rings. The van der Waals surface area contributed by atoms with Crippen LogP contribution in [-0.2, 0) is 4.79 Å². The molecule has 4 nitrogen and oxygen atoms in total. The van der Waals surface area contributed by atoms with E-state index in [4.69, 9.17) is 4.74 Å². The molecule has 2 rings (SSSR count). The second-order valence-electron chi connectivity index (χ2n) is 4.92. The van der Waals surface area contributed by atoms with Crippen LogP contribution in [0.1, 0.15) is 13.3 Å². The number of piperidine rings is 1. The number of halogens is 1. The van der Waals surface area contributed by atoms with E-state index in [1.165, 1.54) is 0 Å². The molecule has 1 N–H and O–H groups in total. The van der Waals surface area contributed by atoms with Crippen molar-refractivity contribution >= 4 is 21.8 Å². The Hall–Kier alpha value is -1.07. The van der Waals surface area contributed by atoms with Gasteiger partial charge < -0.3 is 14.7 Å². The molecule has 1 aromatic carbocycles. The number of likely N-dealkylation sites (tertiary alicyclic amines) is 1. The predicted octanol–water partition coefficient (Wildman–Crippen LogP) is 2.06. The largest absolute Gasteiger partial charge is 0.484 e. The monoisotopic (exact) mass is 327 g/mol. The molecule has 0 spiro atoms. The zero-order chi connectivity index (χ0) is 13.8. The van der Waals surface area contributed by atoms with Crippen molar-refractivity contribution in [3.8, 4) is 5.75 Å². The van der Waals surface area contributed by atoms with Crippen LogP contribution < -0.4 is 4.74 Å². The third kappa shape index (κ3) is 3.94. The number of amides is 1. The number of aliphatic hydroxyl groups is 1. The van der Waals surface area contributed by atoms with Crippen molar-refractivity contribution in [2.75, 3.05) is 19.7 Å². The highest BCUT2D eigenvalue weighted by molar-refractivity contribution is 9.10. The summed E-state index contributed by atoms with van der Waals surface area (Å²) in [6.45, 7) is 3.12. The zero-order valence-corrected chi connectivity index (χ0v) is 12.5. The van der Waals surface area contributed by atoms with Crippen LogP contribution in [0.5, 0.6) is 5.75 Å². The zero-order valence-electron chi connectivity index (χ0n) is 10.9. The summed E-state index contributed by atoms with van der Waals surface area (Å²) in [5.74, 6) is 0.854. The molecule has 1 aromatic rings. The van der Waals surface area contributed by atoms with Gasteiger partial charge in [-0.05, 0) is 36.6 Å². The van der Waals surface area contributed by atoms with Crippen LogP contribution in [0.3, 0.4) is 0 Å². The fourth-order valence-electron chi connectivity index (χ4n) is 2.04. The first-order chi connectivity index (χ1) is 9.06. The van der Waals surface area contributed by atoms with Crippen LogP contribution in [0.2, 0.25) is 0 Å². The van der Waals surface area contributed by atoms with E-state index in [-0.39, 0.29) is 18.4 Å². The summed E-state index contributed by atoms with van der Waals surface area (Å²) >= 11 is 3.34. The molecule has 0 aliphatic carbocycles. The lowest BCUT2D eigenvalue weighted by molar-refractivity contribution is -0.137. The highest BCUT2D eigenvalue weighted by Crippen LogP contribution is 2.18. The maximum Gasteiger partial charge on any atom is 0.260 e. The Balaban J connectivity index is 1.83. The fraction of sp³-hybridized carbons (Fsp3) is 0.500. The number of rotatable bonds is 3. The summed E-state index contributed by atoms with van der Waals surface area (Å²) in [6, 6.07) is 7.35. The minimum Gasteiger partial charge on any atom is -0.484 e. The summed E-state index contributed by atoms with van der Waals surface area (Å²) < 4.78 is 6.42. The highest BCUT2D eigenvalue weighted by atomic mass is 79.9. The molecule has 19 heavy (non-hydrogen) atoms. The Morgan fingerprint density at radius 2 is 2.16 bits per heavy atom. The van der Waals surface area contributed by atoms with E-state index in [1.54, 1.807) is 4.90 Å². The molecule has 0 saturated carbocycles. The average Bonchev–Trinajstić information content (AvgIpc) is 2.41. The summed E-state index contributed by atoms with van der Waals surface area (Å²) in [4.78, 5) is 13.6. The molecule has 104 valence electrons. The van der Waals surface area contributed by atoms with E-state index < -0.39 is 6.10 Å². The second kappa shape index (κ2) is 6.39. The number of carbonyl (C=O) groups is 1. The SMILES string of the molecule is CC1CCN(C(=O)COc2ccc(Br)cc2)CC1O. The molecular formula is C14H18BrNO3. The molecule has 1 aliphatic heterocycles. The second-order valence-corrected chi connectivity index (χ2v) is 5.83. The first-order valence-electron chi connectivity index (χ1n) is 6.40. The normalized spacial score (nSPS) is 23.2. The third-order valence-corrected chi connectivity index (χ3v) is 3.98. The lowest BCUT2D eigenvalue weighted by Gasteiger charge is -2.34. The minimum atomic E-state index is -0.426. The van der Waals surface area contributed by atoms with Crippen LogP contribution in [-0.4, -0.2) is 41.7 Å². The van der Waals surface area contributed by atoms with Gasteiger partial charge in [0.05, 0.1) is 6.10 Å². The molecular weight excluding hydrogens is 310 g/mol. The molecule has 0 bridgehead atoms. The lowest BCUT2D eigenvalue weighted by atomic mass is 9.96. The van der Waals surface area contributed by atoms with Gasteiger partial charge >= 0.3 is 0 Å². The van der Waals surface area contributed by atoms with Gasteiger partial charge in [0.25, 0.3) is 5.91 Å². The standard InChI is InChI=1S/C14H18BrNO3/c1-10-6-7-16(8-13(10)17)14(18)9-19-12-4-2-11(15)3-5-12/h2-5,10,13,17H,6-9H2,1H3. The van der Waals surface area contributed by atoms with E-state index >= 15 is 0 Å². The number of hydrogen-bond acceptors (Lipinski definition) is 3. The van der Waals surface area contributed by atoms with E-state index in [9.17, 15) is 9.90 Å². The number of nitrogens with zero attached hydrogens (tertiary/aromatic N) is 1. The van der Waals surface area contributed by atoms with Crippen LogP contribution in [0, 0.1) is 5.92 Å². The summed E-state index contributed by atoms with van der Waals surface area (Å²) in [5.41, 5.74) is 0. The number of carbonyl (C=O) groups excluding carboxylic acids is 1. The Bertz CT molecular complexity index is 435. The Labute approximate surface area is 121 Å². The van der Waals surface area contributed by atoms with Gasteiger partial charge in [0.2, 0.25) is 0 Å². The highest BCUT2D eigenvalue weighted by Gasteiger charge is 2.27. The van der Waals surface area contributed by atoms with Gasteiger partial charge in [0.1, 0.15) is 5.75 Å². The smallest absolute Gasteiger partial charge is 0.260 e. The quantitative estimate of drug-likeness (QED) is 0.924. The van der Waals surface area contributed by atoms with Crippen molar-refractivity contribution < 1.29 is 14.6 Å². The molecule has 1 fully saturated rings. The van der Waals surface area contributed by atoms with Crippen LogP contribution in [0.4, 0.5) is 0 Å². The molecule has 1 amide bonds. The van der Waals surface area contributed by atoms with Crippen LogP contribution in [0.15, 0.2) is 28.7 Å². The van der Waals surface area contributed by atoms with Gasteiger partial charge in [-0.25, -0.2) is 0 Å². The number of benzene rings is 1. The molecule has 1 saturated heterocycles. The molecule has 2 unspecified atom stereocenters. The Morgan fingerprint density at radius 1 is 1.47 bits per heavy atom. The Kier molecular flexibility index (Phi) is 4.82. The molecule has 0 radical (unpaired) electrons. The first kappa shape index (κ1) is 14.3. The fourth-order valence-corrected chi connectivity index (χ4v) is 2.31. The van der Waals surface area contributed by atoms with Crippen molar-refractivity contribution in [3.63, 3.8) is 0 Å². The minimum absolute atomic E-state index is 0.0166. The van der Waals surface area contributed by atoms with E-state index in [0.717, 1.165) is 10.9 Å². The molecule has 0 aromatic heterocycles. The topological polar surface area (TPSA) is 49.8 Å². The Morgan fingerprint density at radius 3 is 2.79 bits per heavy atom. The van der Waals surface area contributed by atoms with E-state index in [0.29, 0.717) is 18.8 Å². The van der Waals surface area contributed by atoms with Crippen molar-refractivity contribution in [2.24, 2.45) is 5.92 Å². The predicted molar refractivity (Wildman–Crippen MR) is 76.0 cm³/mol. The van der Waals surface area contributed by atoms with Gasteiger partial charge in [0.15, 0.2) is 6.61 Å². The van der Waals surface area contributed by atoms with Crippen molar-refractivity contribution in [3.05, 3.63) is 28.7 Å². The maximum absolute atomic E-state index is 12.0. The third-order valence-electron chi connectivity index (χ3n) is 3.45. The van der Waals surface area contributed by atoms with Crippen molar-refractivity contribution in [1.29, 1.82) is 0 Å². The van der Waals surface area contributed by atoms with Gasteiger partial charge in [-0.1, -0.05) is 22.9 Å². The van der Waals surface area contributed by atoms with Gasteiger partial charge in [-0.15, -0.1) is 0 Å². The average molecular weight is 328 g/mol.